The fourth-order valence-electron chi connectivity index (χ4n) is 3.39. The number of aryl methyl sites for hydroxylation is 2. The molecule has 106 valence electrons. The highest BCUT2D eigenvalue weighted by molar-refractivity contribution is 5.61. The van der Waals surface area contributed by atoms with Crippen molar-refractivity contribution in [1.82, 2.24) is 4.90 Å². The van der Waals surface area contributed by atoms with E-state index in [0.29, 0.717) is 18.6 Å². The predicted octanol–water partition coefficient (Wildman–Crippen LogP) is 2.03. The van der Waals surface area contributed by atoms with E-state index in [9.17, 15) is 0 Å². The highest BCUT2D eigenvalue weighted by Gasteiger charge is 2.31. The van der Waals surface area contributed by atoms with Gasteiger partial charge in [0.1, 0.15) is 0 Å². The van der Waals surface area contributed by atoms with Crippen LogP contribution in [0.15, 0.2) is 18.2 Å². The summed E-state index contributed by atoms with van der Waals surface area (Å²) in [7, 11) is 2.19. The third-order valence-corrected chi connectivity index (χ3v) is 4.20. The van der Waals surface area contributed by atoms with E-state index in [4.69, 9.17) is 5.73 Å². The number of hydrogen-bond acceptors (Lipinski definition) is 3. The van der Waals surface area contributed by atoms with Crippen molar-refractivity contribution >= 4 is 5.69 Å². The summed E-state index contributed by atoms with van der Waals surface area (Å²) in [6.45, 7) is 9.63. The molecule has 1 heterocycles. The van der Waals surface area contributed by atoms with Crippen LogP contribution in [0.1, 0.15) is 25.0 Å². The van der Waals surface area contributed by atoms with E-state index in [1.165, 1.54) is 16.8 Å². The summed E-state index contributed by atoms with van der Waals surface area (Å²) in [5.41, 5.74) is 10.3. The summed E-state index contributed by atoms with van der Waals surface area (Å²) in [6, 6.07) is 7.56. The van der Waals surface area contributed by atoms with Gasteiger partial charge in [0.05, 0.1) is 6.04 Å². The molecule has 1 aliphatic heterocycles. The van der Waals surface area contributed by atoms with Crippen LogP contribution in [0.4, 0.5) is 5.69 Å². The fraction of sp³-hybridized carbons (Fsp3) is 0.625. The van der Waals surface area contributed by atoms with Crippen molar-refractivity contribution in [2.24, 2.45) is 5.73 Å². The number of benzene rings is 1. The van der Waals surface area contributed by atoms with Gasteiger partial charge in [0.2, 0.25) is 0 Å². The van der Waals surface area contributed by atoms with Crippen LogP contribution >= 0.6 is 0 Å². The summed E-state index contributed by atoms with van der Waals surface area (Å²) >= 11 is 0. The monoisotopic (exact) mass is 261 g/mol. The molecule has 3 nitrogen and oxygen atoms in total. The Labute approximate surface area is 117 Å². The Hall–Kier alpha value is -1.06. The normalized spacial score (nSPS) is 24.8. The standard InChI is InChI=1S/C16H27N3/c1-5-14-8-6-7-12(2)16(14)19-13(3)10-18(4)11-15(19)9-17/h6-8,13,15H,5,9-11,17H2,1-4H3. The molecule has 1 fully saturated rings. The number of hydrogen-bond donors (Lipinski definition) is 1. The molecule has 2 N–H and O–H groups in total. The lowest BCUT2D eigenvalue weighted by Gasteiger charge is -2.47. The Bertz CT molecular complexity index is 430. The second kappa shape index (κ2) is 5.93. The fourth-order valence-corrected chi connectivity index (χ4v) is 3.39. The smallest absolute Gasteiger partial charge is 0.0542 e. The van der Waals surface area contributed by atoms with Gasteiger partial charge in [0.25, 0.3) is 0 Å². The molecule has 0 spiro atoms. The van der Waals surface area contributed by atoms with E-state index in [-0.39, 0.29) is 0 Å². The molecule has 0 bridgehead atoms. The van der Waals surface area contributed by atoms with E-state index in [0.717, 1.165) is 19.5 Å². The summed E-state index contributed by atoms with van der Waals surface area (Å²) in [5, 5.41) is 0. The van der Waals surface area contributed by atoms with E-state index in [1.807, 2.05) is 0 Å². The number of rotatable bonds is 3. The first kappa shape index (κ1) is 14.4. The van der Waals surface area contributed by atoms with E-state index in [2.05, 4.69) is 55.8 Å². The van der Waals surface area contributed by atoms with Gasteiger partial charge in [-0.15, -0.1) is 0 Å². The second-order valence-electron chi connectivity index (χ2n) is 5.80. The molecule has 0 saturated carbocycles. The van der Waals surface area contributed by atoms with Gasteiger partial charge in [0, 0.05) is 31.4 Å². The average Bonchev–Trinajstić information content (AvgIpc) is 2.38. The number of nitrogens with two attached hydrogens (primary N) is 1. The van der Waals surface area contributed by atoms with Crippen molar-refractivity contribution < 1.29 is 0 Å². The molecule has 3 heteroatoms. The molecule has 2 atom stereocenters. The van der Waals surface area contributed by atoms with Crippen molar-refractivity contribution in [1.29, 1.82) is 0 Å². The van der Waals surface area contributed by atoms with Crippen LogP contribution in [-0.4, -0.2) is 43.7 Å². The predicted molar refractivity (Wildman–Crippen MR) is 82.8 cm³/mol. The molecule has 0 aliphatic carbocycles. The van der Waals surface area contributed by atoms with E-state index >= 15 is 0 Å². The molecule has 0 amide bonds. The zero-order valence-corrected chi connectivity index (χ0v) is 12.7. The molecule has 1 saturated heterocycles. The molecule has 0 aromatic heterocycles. The lowest BCUT2D eigenvalue weighted by Crippen LogP contribution is -2.59. The summed E-state index contributed by atoms with van der Waals surface area (Å²) in [6.07, 6.45) is 1.08. The minimum absolute atomic E-state index is 0.417. The van der Waals surface area contributed by atoms with Crippen LogP contribution in [0, 0.1) is 6.92 Å². The minimum Gasteiger partial charge on any atom is -0.362 e. The SMILES string of the molecule is CCc1cccc(C)c1N1C(C)CN(C)CC1CN. The van der Waals surface area contributed by atoms with E-state index < -0.39 is 0 Å². The Balaban J connectivity index is 2.43. The lowest BCUT2D eigenvalue weighted by atomic mass is 9.99. The molecule has 2 rings (SSSR count). The topological polar surface area (TPSA) is 32.5 Å². The molecule has 2 unspecified atom stereocenters. The van der Waals surface area contributed by atoms with Crippen LogP contribution in [-0.2, 0) is 6.42 Å². The minimum atomic E-state index is 0.417. The van der Waals surface area contributed by atoms with Gasteiger partial charge in [-0.25, -0.2) is 0 Å². The van der Waals surface area contributed by atoms with Crippen molar-refractivity contribution in [2.75, 3.05) is 31.6 Å². The van der Waals surface area contributed by atoms with Gasteiger partial charge >= 0.3 is 0 Å². The van der Waals surface area contributed by atoms with Crippen molar-refractivity contribution in [2.45, 2.75) is 39.3 Å². The van der Waals surface area contributed by atoms with E-state index in [1.54, 1.807) is 0 Å². The van der Waals surface area contributed by atoms with Crippen molar-refractivity contribution in [3.8, 4) is 0 Å². The zero-order valence-electron chi connectivity index (χ0n) is 12.7. The molecular formula is C16H27N3. The van der Waals surface area contributed by atoms with Crippen LogP contribution in [0.3, 0.4) is 0 Å². The highest BCUT2D eigenvalue weighted by Crippen LogP contribution is 2.31. The summed E-state index contributed by atoms with van der Waals surface area (Å²) < 4.78 is 0. The molecule has 0 radical (unpaired) electrons. The van der Waals surface area contributed by atoms with Gasteiger partial charge < -0.3 is 15.5 Å². The Morgan fingerprint density at radius 2 is 2.05 bits per heavy atom. The number of anilines is 1. The average molecular weight is 261 g/mol. The largest absolute Gasteiger partial charge is 0.362 e. The maximum Gasteiger partial charge on any atom is 0.0542 e. The number of likely N-dealkylation sites (N-methyl/N-ethyl adjacent to an activating group) is 1. The maximum atomic E-state index is 6.03. The number of piperazine rings is 1. The van der Waals surface area contributed by atoms with Gasteiger partial charge in [-0.05, 0) is 38.4 Å². The second-order valence-corrected chi connectivity index (χ2v) is 5.80. The first-order chi connectivity index (χ1) is 9.08. The summed E-state index contributed by atoms with van der Waals surface area (Å²) in [4.78, 5) is 4.96. The quantitative estimate of drug-likeness (QED) is 0.903. The number of para-hydroxylation sites is 1. The van der Waals surface area contributed by atoms with Crippen LogP contribution in [0.5, 0.6) is 0 Å². The Kier molecular flexibility index (Phi) is 4.48. The highest BCUT2D eigenvalue weighted by atomic mass is 15.3. The first-order valence-electron chi connectivity index (χ1n) is 7.33. The third-order valence-electron chi connectivity index (χ3n) is 4.20. The summed E-state index contributed by atoms with van der Waals surface area (Å²) in [5.74, 6) is 0. The van der Waals surface area contributed by atoms with Crippen LogP contribution in [0.25, 0.3) is 0 Å². The first-order valence-corrected chi connectivity index (χ1v) is 7.33. The molecule has 19 heavy (non-hydrogen) atoms. The van der Waals surface area contributed by atoms with Crippen molar-refractivity contribution in [3.63, 3.8) is 0 Å². The number of nitrogens with zero attached hydrogens (tertiary/aromatic N) is 2. The molecular weight excluding hydrogens is 234 g/mol. The Morgan fingerprint density at radius 1 is 1.32 bits per heavy atom. The Morgan fingerprint density at radius 3 is 2.68 bits per heavy atom. The molecule has 1 aromatic rings. The molecule has 1 aromatic carbocycles. The van der Waals surface area contributed by atoms with Gasteiger partial charge in [-0.3, -0.25) is 0 Å². The van der Waals surface area contributed by atoms with Gasteiger partial charge in [0.15, 0.2) is 0 Å². The van der Waals surface area contributed by atoms with Crippen LogP contribution < -0.4 is 10.6 Å². The third kappa shape index (κ3) is 2.77. The molecule has 1 aliphatic rings. The van der Waals surface area contributed by atoms with Gasteiger partial charge in [-0.1, -0.05) is 25.1 Å². The van der Waals surface area contributed by atoms with Gasteiger partial charge in [-0.2, -0.15) is 0 Å². The van der Waals surface area contributed by atoms with Crippen LogP contribution in [0.2, 0.25) is 0 Å². The zero-order chi connectivity index (χ0) is 14.0. The van der Waals surface area contributed by atoms with Crippen molar-refractivity contribution in [3.05, 3.63) is 29.3 Å². The lowest BCUT2D eigenvalue weighted by molar-refractivity contribution is 0.234. The maximum absolute atomic E-state index is 6.03.